The number of anilines is 1. The number of hydrogen-bond acceptors (Lipinski definition) is 5. The number of sulfonamides is 1. The van der Waals surface area contributed by atoms with E-state index in [1.807, 2.05) is 0 Å². The molecule has 0 unspecified atom stereocenters. The fourth-order valence-corrected chi connectivity index (χ4v) is 5.29. The number of aromatic nitrogens is 4. The van der Waals surface area contributed by atoms with Crippen molar-refractivity contribution in [1.29, 1.82) is 0 Å². The summed E-state index contributed by atoms with van der Waals surface area (Å²) in [6.07, 6.45) is 4.84. The van der Waals surface area contributed by atoms with Gasteiger partial charge in [0.15, 0.2) is 5.82 Å². The number of hydrogen-bond donors (Lipinski definition) is 1. The third-order valence-corrected chi connectivity index (χ3v) is 7.05. The Balaban J connectivity index is 1.58. The molecule has 170 valence electrons. The Labute approximate surface area is 187 Å². The van der Waals surface area contributed by atoms with Crippen LogP contribution in [0.3, 0.4) is 0 Å². The molecule has 0 aliphatic carbocycles. The van der Waals surface area contributed by atoms with Crippen LogP contribution in [0, 0.1) is 17.5 Å². The minimum Gasteiger partial charge on any atom is -0.311 e. The van der Waals surface area contributed by atoms with Crippen molar-refractivity contribution in [1.82, 2.24) is 19.7 Å². The smallest absolute Gasteiger partial charge is 0.262 e. The molecule has 0 amide bonds. The molecule has 0 radical (unpaired) electrons. The number of halogens is 3. The van der Waals surface area contributed by atoms with Crippen molar-refractivity contribution in [3.63, 3.8) is 0 Å². The highest BCUT2D eigenvalue weighted by Crippen LogP contribution is 2.32. The van der Waals surface area contributed by atoms with Gasteiger partial charge in [-0.2, -0.15) is 0 Å². The van der Waals surface area contributed by atoms with Crippen LogP contribution >= 0.6 is 0 Å². The molecule has 0 saturated carbocycles. The second kappa shape index (κ2) is 8.14. The van der Waals surface area contributed by atoms with Crippen molar-refractivity contribution in [2.24, 2.45) is 0 Å². The van der Waals surface area contributed by atoms with Gasteiger partial charge in [0, 0.05) is 30.6 Å². The maximum absolute atomic E-state index is 14.7. The largest absolute Gasteiger partial charge is 0.311 e. The van der Waals surface area contributed by atoms with Crippen LogP contribution < -0.4 is 4.72 Å². The summed E-state index contributed by atoms with van der Waals surface area (Å²) in [4.78, 5) is 3.59. The first kappa shape index (κ1) is 21.4. The zero-order valence-corrected chi connectivity index (χ0v) is 18.0. The summed E-state index contributed by atoms with van der Waals surface area (Å²) >= 11 is 0. The first-order valence-corrected chi connectivity index (χ1v) is 11.8. The van der Waals surface area contributed by atoms with Gasteiger partial charge in [-0.1, -0.05) is 6.42 Å². The van der Waals surface area contributed by atoms with Gasteiger partial charge in [0.2, 0.25) is 0 Å². The van der Waals surface area contributed by atoms with Crippen LogP contribution in [-0.4, -0.2) is 28.2 Å². The second-order valence-electron chi connectivity index (χ2n) is 7.76. The summed E-state index contributed by atoms with van der Waals surface area (Å²) in [5.74, 6) is -1.75. The Kier molecular flexibility index (Phi) is 5.28. The molecule has 4 aromatic rings. The molecule has 1 aliphatic rings. The van der Waals surface area contributed by atoms with E-state index >= 15 is 0 Å². The number of fused-ring (bicyclic) bond motifs is 2. The lowest BCUT2D eigenvalue weighted by Gasteiger charge is -2.13. The molecule has 33 heavy (non-hydrogen) atoms. The maximum atomic E-state index is 14.7. The fraction of sp³-hybridized carbons (Fsp3) is 0.227. The van der Waals surface area contributed by atoms with Crippen LogP contribution in [0.25, 0.3) is 22.3 Å². The van der Waals surface area contributed by atoms with Crippen LogP contribution in [0.4, 0.5) is 18.9 Å². The summed E-state index contributed by atoms with van der Waals surface area (Å²) in [5, 5.41) is 8.23. The zero-order valence-electron chi connectivity index (χ0n) is 17.2. The molecular weight excluding hydrogens is 455 g/mol. The predicted octanol–water partition coefficient (Wildman–Crippen LogP) is 4.44. The van der Waals surface area contributed by atoms with Gasteiger partial charge in [-0.25, -0.2) is 21.6 Å². The molecule has 0 saturated heterocycles. The van der Waals surface area contributed by atoms with Gasteiger partial charge < -0.3 is 4.57 Å². The Morgan fingerprint density at radius 3 is 2.64 bits per heavy atom. The van der Waals surface area contributed by atoms with Crippen molar-refractivity contribution >= 4 is 26.6 Å². The summed E-state index contributed by atoms with van der Waals surface area (Å²) in [5.41, 5.74) is -0.661. The van der Waals surface area contributed by atoms with Crippen molar-refractivity contribution in [2.45, 2.75) is 37.1 Å². The van der Waals surface area contributed by atoms with E-state index in [4.69, 9.17) is 0 Å². The number of nitrogens with zero attached hydrogens (tertiary/aromatic N) is 4. The van der Waals surface area contributed by atoms with Crippen molar-refractivity contribution in [3.05, 3.63) is 65.9 Å². The van der Waals surface area contributed by atoms with Crippen LogP contribution in [0.1, 0.15) is 25.1 Å². The highest BCUT2D eigenvalue weighted by Gasteiger charge is 2.24. The number of rotatable bonds is 4. The van der Waals surface area contributed by atoms with E-state index in [1.165, 1.54) is 18.3 Å². The molecule has 0 atom stereocenters. The zero-order chi connectivity index (χ0) is 23.2. The third-order valence-electron chi connectivity index (χ3n) is 5.62. The maximum Gasteiger partial charge on any atom is 0.262 e. The molecule has 1 N–H and O–H groups in total. The topological polar surface area (TPSA) is 89.8 Å². The van der Waals surface area contributed by atoms with E-state index in [2.05, 4.69) is 19.9 Å². The average molecular weight is 473 g/mol. The van der Waals surface area contributed by atoms with Gasteiger partial charge in [-0.3, -0.25) is 9.71 Å². The van der Waals surface area contributed by atoms with Gasteiger partial charge in [-0.15, -0.1) is 10.2 Å². The molecule has 1 aliphatic heterocycles. The number of aryl methyl sites for hydroxylation is 1. The Bertz CT molecular complexity index is 1490. The first-order chi connectivity index (χ1) is 15.8. The second-order valence-corrected chi connectivity index (χ2v) is 9.42. The van der Waals surface area contributed by atoms with E-state index in [0.717, 1.165) is 37.5 Å². The van der Waals surface area contributed by atoms with Crippen LogP contribution in [0.2, 0.25) is 0 Å². The van der Waals surface area contributed by atoms with Gasteiger partial charge >= 0.3 is 0 Å². The van der Waals surface area contributed by atoms with Crippen LogP contribution in [0.5, 0.6) is 0 Å². The minimum atomic E-state index is -4.36. The molecule has 2 aromatic heterocycles. The van der Waals surface area contributed by atoms with Crippen LogP contribution in [-0.2, 0) is 23.0 Å². The average Bonchev–Trinajstić information content (AvgIpc) is 3.03. The number of benzene rings is 2. The molecule has 0 fully saturated rings. The highest BCUT2D eigenvalue weighted by molar-refractivity contribution is 7.93. The molecule has 3 heterocycles. The van der Waals surface area contributed by atoms with Gasteiger partial charge in [0.25, 0.3) is 10.0 Å². The molecule has 0 bridgehead atoms. The SMILES string of the molecule is O=S(=O)(Nc1cc(-c2nnc3n2CCCCC3)c(F)cc1F)c1ccc(F)c2ncccc12. The minimum absolute atomic E-state index is 0.0375. The summed E-state index contributed by atoms with van der Waals surface area (Å²) < 4.78 is 73.5. The molecule has 0 spiro atoms. The van der Waals surface area contributed by atoms with Crippen molar-refractivity contribution in [2.75, 3.05) is 4.72 Å². The summed E-state index contributed by atoms with van der Waals surface area (Å²) in [6, 6.07) is 6.58. The Hall–Kier alpha value is -3.47. The lowest BCUT2D eigenvalue weighted by Crippen LogP contribution is -2.15. The summed E-state index contributed by atoms with van der Waals surface area (Å²) in [7, 11) is -4.36. The lowest BCUT2D eigenvalue weighted by molar-refractivity contribution is 0.581. The molecule has 5 rings (SSSR count). The van der Waals surface area contributed by atoms with E-state index in [9.17, 15) is 21.6 Å². The Morgan fingerprint density at radius 1 is 0.939 bits per heavy atom. The van der Waals surface area contributed by atoms with Crippen LogP contribution in [0.15, 0.2) is 47.5 Å². The quantitative estimate of drug-likeness (QED) is 0.473. The standard InChI is InChI=1S/C22H18F3N5O2S/c23-15-7-8-19(13-5-4-9-26-21(13)15)33(31,32)29-18-11-14(16(24)12-17(18)25)22-28-27-20-6-2-1-3-10-30(20)22/h4-5,7-9,11-12,29H,1-3,6,10H2. The normalized spacial score (nSPS) is 14.2. The first-order valence-electron chi connectivity index (χ1n) is 10.3. The van der Waals surface area contributed by atoms with E-state index in [0.29, 0.717) is 24.9 Å². The van der Waals surface area contributed by atoms with E-state index in [1.54, 1.807) is 4.57 Å². The fourth-order valence-electron chi connectivity index (χ4n) is 4.03. The Morgan fingerprint density at radius 2 is 1.79 bits per heavy atom. The molecule has 2 aromatic carbocycles. The predicted molar refractivity (Wildman–Crippen MR) is 115 cm³/mol. The van der Waals surface area contributed by atoms with Gasteiger partial charge in [0.05, 0.1) is 16.1 Å². The van der Waals surface area contributed by atoms with E-state index in [-0.39, 0.29) is 27.2 Å². The number of nitrogens with one attached hydrogen (secondary N) is 1. The lowest BCUT2D eigenvalue weighted by atomic mass is 10.1. The van der Waals surface area contributed by atoms with Crippen molar-refractivity contribution < 1.29 is 21.6 Å². The number of pyridine rings is 1. The van der Waals surface area contributed by atoms with Gasteiger partial charge in [0.1, 0.15) is 28.8 Å². The monoisotopic (exact) mass is 473 g/mol. The highest BCUT2D eigenvalue weighted by atomic mass is 32.2. The third kappa shape index (κ3) is 3.82. The van der Waals surface area contributed by atoms with Gasteiger partial charge in [-0.05, 0) is 43.2 Å². The molecular formula is C22H18F3N5O2S. The van der Waals surface area contributed by atoms with Crippen molar-refractivity contribution in [3.8, 4) is 11.4 Å². The molecule has 11 heteroatoms. The summed E-state index contributed by atoms with van der Waals surface area (Å²) in [6.45, 7) is 0.587. The molecule has 7 nitrogen and oxygen atoms in total. The van der Waals surface area contributed by atoms with E-state index < -0.39 is 33.2 Å².